The first-order valence-electron chi connectivity index (χ1n) is 8.57. The molecule has 0 unspecified atom stereocenters. The van der Waals surface area contributed by atoms with Gasteiger partial charge in [0.2, 0.25) is 5.82 Å². The van der Waals surface area contributed by atoms with Gasteiger partial charge in [-0.05, 0) is 26.3 Å². The van der Waals surface area contributed by atoms with Gasteiger partial charge < -0.3 is 4.90 Å². The molecule has 4 aromatic rings. The Morgan fingerprint density at radius 1 is 1.30 bits per heavy atom. The van der Waals surface area contributed by atoms with Crippen LogP contribution in [0.15, 0.2) is 12.5 Å². The number of rotatable bonds is 4. The van der Waals surface area contributed by atoms with Crippen molar-refractivity contribution in [3.8, 4) is 11.5 Å². The van der Waals surface area contributed by atoms with Crippen molar-refractivity contribution in [3.05, 3.63) is 28.0 Å². The highest BCUT2D eigenvalue weighted by Gasteiger charge is 2.23. The van der Waals surface area contributed by atoms with Crippen LogP contribution in [0.25, 0.3) is 27.4 Å². The van der Waals surface area contributed by atoms with E-state index in [-0.39, 0.29) is 5.91 Å². The zero-order valence-electron chi connectivity index (χ0n) is 15.4. The summed E-state index contributed by atoms with van der Waals surface area (Å²) in [7, 11) is 1.79. The van der Waals surface area contributed by atoms with Crippen LogP contribution in [0, 0.1) is 6.92 Å². The number of halogens is 1. The van der Waals surface area contributed by atoms with E-state index in [1.807, 2.05) is 20.8 Å². The first-order chi connectivity index (χ1) is 12.9. The van der Waals surface area contributed by atoms with Gasteiger partial charge in [0, 0.05) is 26.3 Å². The second-order valence-corrected chi connectivity index (χ2v) is 7.57. The van der Waals surface area contributed by atoms with Crippen molar-refractivity contribution < 1.29 is 4.79 Å². The van der Waals surface area contributed by atoms with Crippen LogP contribution in [0.3, 0.4) is 0 Å². The molecule has 1 amide bonds. The lowest BCUT2D eigenvalue weighted by Gasteiger charge is -2.17. The second-order valence-electron chi connectivity index (χ2n) is 6.16. The molecule has 140 valence electrons. The van der Waals surface area contributed by atoms with Gasteiger partial charge in [0.05, 0.1) is 15.3 Å². The molecule has 10 heteroatoms. The van der Waals surface area contributed by atoms with E-state index in [0.29, 0.717) is 40.2 Å². The molecule has 0 spiro atoms. The molecule has 0 N–H and O–H groups in total. The quantitative estimate of drug-likeness (QED) is 0.522. The van der Waals surface area contributed by atoms with Gasteiger partial charge in [-0.25, -0.2) is 14.5 Å². The third-order valence-electron chi connectivity index (χ3n) is 4.51. The van der Waals surface area contributed by atoms with Gasteiger partial charge in [-0.2, -0.15) is 5.10 Å². The molecular weight excluding hydrogens is 386 g/mol. The van der Waals surface area contributed by atoms with Gasteiger partial charge in [0.15, 0.2) is 11.3 Å². The van der Waals surface area contributed by atoms with Crippen LogP contribution in [0.1, 0.15) is 29.1 Å². The van der Waals surface area contributed by atoms with Gasteiger partial charge >= 0.3 is 0 Å². The highest BCUT2D eigenvalue weighted by Crippen LogP contribution is 2.33. The average molecular weight is 404 g/mol. The molecular formula is C17H18ClN7OS. The SMILES string of the molecule is CCN(CC)C(=O)c1sc2ncn3nc(-c4nn(C)cc4Cl)nc3c2c1C. The second kappa shape index (κ2) is 6.58. The summed E-state index contributed by atoms with van der Waals surface area (Å²) in [6, 6.07) is 0. The monoisotopic (exact) mass is 403 g/mol. The van der Waals surface area contributed by atoms with Crippen molar-refractivity contribution in [2.45, 2.75) is 20.8 Å². The molecule has 0 bridgehead atoms. The molecule has 0 radical (unpaired) electrons. The summed E-state index contributed by atoms with van der Waals surface area (Å²) in [5.41, 5.74) is 2.03. The topological polar surface area (TPSA) is 81.2 Å². The molecule has 4 heterocycles. The molecule has 0 aliphatic rings. The molecule has 4 rings (SSSR count). The third-order valence-corrected chi connectivity index (χ3v) is 5.97. The normalized spacial score (nSPS) is 11.6. The van der Waals surface area contributed by atoms with E-state index in [4.69, 9.17) is 11.6 Å². The van der Waals surface area contributed by atoms with E-state index in [1.165, 1.54) is 11.3 Å². The number of amides is 1. The lowest BCUT2D eigenvalue weighted by atomic mass is 10.2. The molecule has 0 saturated carbocycles. The summed E-state index contributed by atoms with van der Waals surface area (Å²) in [6.45, 7) is 7.21. The van der Waals surface area contributed by atoms with Gasteiger partial charge in [0.25, 0.3) is 5.91 Å². The largest absolute Gasteiger partial charge is 0.338 e. The fraction of sp³-hybridized carbons (Fsp3) is 0.353. The van der Waals surface area contributed by atoms with Gasteiger partial charge in [-0.3, -0.25) is 9.48 Å². The van der Waals surface area contributed by atoms with Crippen molar-refractivity contribution in [1.29, 1.82) is 0 Å². The minimum absolute atomic E-state index is 0.0196. The predicted molar refractivity (Wildman–Crippen MR) is 105 cm³/mol. The number of aryl methyl sites for hydroxylation is 2. The average Bonchev–Trinajstić information content (AvgIpc) is 3.30. The van der Waals surface area contributed by atoms with Crippen molar-refractivity contribution in [2.75, 3.05) is 13.1 Å². The van der Waals surface area contributed by atoms with Crippen molar-refractivity contribution in [3.63, 3.8) is 0 Å². The molecule has 27 heavy (non-hydrogen) atoms. The van der Waals surface area contributed by atoms with Crippen LogP contribution in [-0.4, -0.2) is 53.3 Å². The van der Waals surface area contributed by atoms with Crippen LogP contribution in [0.4, 0.5) is 0 Å². The van der Waals surface area contributed by atoms with E-state index in [9.17, 15) is 4.79 Å². The lowest BCUT2D eigenvalue weighted by Crippen LogP contribution is -2.30. The Balaban J connectivity index is 1.91. The number of thiophene rings is 1. The van der Waals surface area contributed by atoms with E-state index in [0.717, 1.165) is 15.8 Å². The summed E-state index contributed by atoms with van der Waals surface area (Å²) >= 11 is 7.62. The van der Waals surface area contributed by atoms with E-state index < -0.39 is 0 Å². The summed E-state index contributed by atoms with van der Waals surface area (Å²) < 4.78 is 3.22. The summed E-state index contributed by atoms with van der Waals surface area (Å²) in [5.74, 6) is 0.447. The van der Waals surface area contributed by atoms with Crippen molar-refractivity contribution in [1.82, 2.24) is 34.3 Å². The fourth-order valence-corrected chi connectivity index (χ4v) is 4.48. The number of aromatic nitrogens is 6. The van der Waals surface area contributed by atoms with E-state index in [2.05, 4.69) is 20.2 Å². The van der Waals surface area contributed by atoms with Crippen LogP contribution in [-0.2, 0) is 7.05 Å². The molecule has 0 aliphatic carbocycles. The minimum atomic E-state index is 0.0196. The Labute approximate surface area is 164 Å². The Morgan fingerprint density at radius 3 is 2.67 bits per heavy atom. The van der Waals surface area contributed by atoms with Gasteiger partial charge in [0.1, 0.15) is 11.2 Å². The van der Waals surface area contributed by atoms with Crippen LogP contribution >= 0.6 is 22.9 Å². The number of carbonyl (C=O) groups is 1. The molecule has 4 aromatic heterocycles. The van der Waals surface area contributed by atoms with E-state index in [1.54, 1.807) is 33.7 Å². The number of carbonyl (C=O) groups excluding carboxylic acids is 1. The smallest absolute Gasteiger partial charge is 0.264 e. The maximum Gasteiger partial charge on any atom is 0.264 e. The standard InChI is InChI=1S/C17H18ClN7OS/c1-5-24(6-2)17(26)13-9(3)11-15-20-14(12-10(18)7-23(4)21-12)22-25(15)8-19-16(11)27-13/h7-8H,5-6H2,1-4H3. The van der Waals surface area contributed by atoms with Gasteiger partial charge in [-0.15, -0.1) is 16.4 Å². The van der Waals surface area contributed by atoms with Crippen LogP contribution in [0.2, 0.25) is 5.02 Å². The van der Waals surface area contributed by atoms with Crippen molar-refractivity contribution in [2.24, 2.45) is 7.05 Å². The number of hydrogen-bond acceptors (Lipinski definition) is 6. The lowest BCUT2D eigenvalue weighted by molar-refractivity contribution is 0.0777. The maximum atomic E-state index is 12.8. The van der Waals surface area contributed by atoms with E-state index >= 15 is 0 Å². The Bertz CT molecular complexity index is 1170. The summed E-state index contributed by atoms with van der Waals surface area (Å²) in [4.78, 5) is 25.2. The van der Waals surface area contributed by atoms with Crippen molar-refractivity contribution >= 4 is 44.7 Å². The molecule has 0 aromatic carbocycles. The molecule has 8 nitrogen and oxygen atoms in total. The molecule has 0 aliphatic heterocycles. The number of fused-ring (bicyclic) bond motifs is 3. The zero-order valence-corrected chi connectivity index (χ0v) is 17.0. The third kappa shape index (κ3) is 2.78. The van der Waals surface area contributed by atoms with Crippen LogP contribution < -0.4 is 0 Å². The minimum Gasteiger partial charge on any atom is -0.338 e. The Morgan fingerprint density at radius 2 is 2.04 bits per heavy atom. The number of hydrogen-bond donors (Lipinski definition) is 0. The number of nitrogens with zero attached hydrogens (tertiary/aromatic N) is 7. The first kappa shape index (κ1) is 17.9. The maximum absolute atomic E-state index is 12.8. The zero-order chi connectivity index (χ0) is 19.3. The Kier molecular flexibility index (Phi) is 4.35. The summed E-state index contributed by atoms with van der Waals surface area (Å²) in [6.07, 6.45) is 3.31. The Hall–Kier alpha value is -2.52. The highest BCUT2D eigenvalue weighted by atomic mass is 35.5. The fourth-order valence-electron chi connectivity index (χ4n) is 3.10. The first-order valence-corrected chi connectivity index (χ1v) is 9.77. The molecule has 0 saturated heterocycles. The molecule has 0 atom stereocenters. The predicted octanol–water partition coefficient (Wildman–Crippen LogP) is 3.18. The van der Waals surface area contributed by atoms with Gasteiger partial charge in [-0.1, -0.05) is 11.6 Å². The van der Waals surface area contributed by atoms with Crippen LogP contribution in [0.5, 0.6) is 0 Å². The molecule has 0 fully saturated rings. The summed E-state index contributed by atoms with van der Waals surface area (Å²) in [5, 5.41) is 10.1. The highest BCUT2D eigenvalue weighted by molar-refractivity contribution is 7.20.